The summed E-state index contributed by atoms with van der Waals surface area (Å²) < 4.78 is 0. The number of likely N-dealkylation sites (N-methyl/N-ethyl adjacent to an activating group) is 1. The first-order valence-corrected chi connectivity index (χ1v) is 9.73. The van der Waals surface area contributed by atoms with Gasteiger partial charge in [-0.3, -0.25) is 14.5 Å². The SMILES string of the molecule is CC(=O)CC(C)(C)CC(C)(C)CNC(=O)CN(C)CC(=O)NCC(C)(C)C. The maximum Gasteiger partial charge on any atom is 0.234 e. The molecule has 2 amide bonds. The first kappa shape index (κ1) is 25.6. The summed E-state index contributed by atoms with van der Waals surface area (Å²) in [6.45, 7) is 17.7. The summed E-state index contributed by atoms with van der Waals surface area (Å²) in [6.07, 6.45) is 1.38. The molecule has 0 aliphatic heterocycles. The molecule has 0 radical (unpaired) electrons. The maximum absolute atomic E-state index is 12.2. The fraction of sp³-hybridized carbons (Fsp3) is 0.857. The van der Waals surface area contributed by atoms with Crippen LogP contribution in [0.1, 0.15) is 68.2 Å². The Balaban J connectivity index is 4.33. The van der Waals surface area contributed by atoms with Gasteiger partial charge in [-0.05, 0) is 36.6 Å². The van der Waals surface area contributed by atoms with E-state index in [9.17, 15) is 14.4 Å². The second kappa shape index (κ2) is 10.2. The molecule has 0 aromatic heterocycles. The average Bonchev–Trinajstić information content (AvgIpc) is 2.39. The quantitative estimate of drug-likeness (QED) is 0.575. The third-order valence-electron chi connectivity index (χ3n) is 4.09. The number of ketones is 1. The van der Waals surface area contributed by atoms with Gasteiger partial charge in [0.15, 0.2) is 0 Å². The Kier molecular flexibility index (Phi) is 9.67. The summed E-state index contributed by atoms with van der Waals surface area (Å²) in [5, 5.41) is 5.85. The van der Waals surface area contributed by atoms with Crippen LogP contribution in [0.2, 0.25) is 0 Å². The molecule has 0 atom stereocenters. The van der Waals surface area contributed by atoms with E-state index >= 15 is 0 Å². The summed E-state index contributed by atoms with van der Waals surface area (Å²) in [6, 6.07) is 0. The molecule has 27 heavy (non-hydrogen) atoms. The van der Waals surface area contributed by atoms with Crippen molar-refractivity contribution in [1.29, 1.82) is 0 Å². The summed E-state index contributed by atoms with van der Waals surface area (Å²) in [5.41, 5.74) is -0.174. The predicted molar refractivity (Wildman–Crippen MR) is 110 cm³/mol. The molecule has 2 N–H and O–H groups in total. The molecule has 0 saturated carbocycles. The van der Waals surface area contributed by atoms with Crippen molar-refractivity contribution in [1.82, 2.24) is 15.5 Å². The summed E-state index contributed by atoms with van der Waals surface area (Å²) in [4.78, 5) is 37.3. The second-order valence-corrected chi connectivity index (χ2v) is 10.7. The van der Waals surface area contributed by atoms with Crippen LogP contribution in [-0.2, 0) is 14.4 Å². The zero-order valence-corrected chi connectivity index (χ0v) is 18.9. The number of amides is 2. The molecular weight excluding hydrogens is 342 g/mol. The van der Waals surface area contributed by atoms with Gasteiger partial charge < -0.3 is 15.4 Å². The highest BCUT2D eigenvalue weighted by atomic mass is 16.2. The Bertz CT molecular complexity index is 519. The summed E-state index contributed by atoms with van der Waals surface area (Å²) in [7, 11) is 1.76. The van der Waals surface area contributed by atoms with Crippen molar-refractivity contribution in [3.63, 3.8) is 0 Å². The molecule has 158 valence electrons. The van der Waals surface area contributed by atoms with Gasteiger partial charge in [-0.2, -0.15) is 0 Å². The van der Waals surface area contributed by atoms with Crippen LogP contribution in [0.25, 0.3) is 0 Å². The number of rotatable bonds is 11. The molecule has 0 aliphatic rings. The van der Waals surface area contributed by atoms with Crippen LogP contribution >= 0.6 is 0 Å². The fourth-order valence-corrected chi connectivity index (χ4v) is 3.45. The summed E-state index contributed by atoms with van der Waals surface area (Å²) in [5.74, 6) is 0.0105. The summed E-state index contributed by atoms with van der Waals surface area (Å²) >= 11 is 0. The van der Waals surface area contributed by atoms with Crippen LogP contribution in [0.15, 0.2) is 0 Å². The first-order chi connectivity index (χ1) is 12.0. The number of nitrogens with zero attached hydrogens (tertiary/aromatic N) is 1. The van der Waals surface area contributed by atoms with E-state index in [-0.39, 0.29) is 46.9 Å². The monoisotopic (exact) mass is 383 g/mol. The molecule has 6 heteroatoms. The normalized spacial score (nSPS) is 12.8. The fourth-order valence-electron chi connectivity index (χ4n) is 3.45. The van der Waals surface area contributed by atoms with Crippen molar-refractivity contribution in [2.75, 3.05) is 33.2 Å². The Morgan fingerprint density at radius 3 is 1.63 bits per heavy atom. The van der Waals surface area contributed by atoms with Gasteiger partial charge in [0, 0.05) is 19.5 Å². The van der Waals surface area contributed by atoms with Gasteiger partial charge in [0.1, 0.15) is 5.78 Å². The number of hydrogen-bond acceptors (Lipinski definition) is 4. The van der Waals surface area contributed by atoms with E-state index in [1.807, 2.05) is 0 Å². The highest BCUT2D eigenvalue weighted by molar-refractivity contribution is 5.81. The number of carbonyl (C=O) groups excluding carboxylic acids is 3. The Hall–Kier alpha value is -1.43. The smallest absolute Gasteiger partial charge is 0.234 e. The molecule has 0 aromatic carbocycles. The zero-order valence-electron chi connectivity index (χ0n) is 18.9. The van der Waals surface area contributed by atoms with Gasteiger partial charge in [-0.1, -0.05) is 48.5 Å². The van der Waals surface area contributed by atoms with Crippen LogP contribution < -0.4 is 10.6 Å². The van der Waals surface area contributed by atoms with E-state index in [1.54, 1.807) is 18.9 Å². The lowest BCUT2D eigenvalue weighted by Crippen LogP contribution is -2.44. The van der Waals surface area contributed by atoms with Gasteiger partial charge in [0.05, 0.1) is 13.1 Å². The minimum absolute atomic E-state index is 0.0351. The predicted octanol–water partition coefficient (Wildman–Crippen LogP) is 2.62. The Labute approximate surface area is 165 Å². The van der Waals surface area contributed by atoms with Crippen molar-refractivity contribution in [2.24, 2.45) is 16.2 Å². The molecule has 0 bridgehead atoms. The minimum Gasteiger partial charge on any atom is -0.354 e. The maximum atomic E-state index is 12.2. The molecule has 0 aliphatic carbocycles. The Morgan fingerprint density at radius 2 is 1.22 bits per heavy atom. The number of carbonyl (C=O) groups is 3. The van der Waals surface area contributed by atoms with Crippen molar-refractivity contribution >= 4 is 17.6 Å². The molecule has 6 nitrogen and oxygen atoms in total. The van der Waals surface area contributed by atoms with Crippen LogP contribution in [0.5, 0.6) is 0 Å². The molecule has 0 heterocycles. The lowest BCUT2D eigenvalue weighted by atomic mass is 9.72. The van der Waals surface area contributed by atoms with Crippen molar-refractivity contribution in [3.05, 3.63) is 0 Å². The third-order valence-corrected chi connectivity index (χ3v) is 4.09. The van der Waals surface area contributed by atoms with E-state index in [1.165, 1.54) is 0 Å². The van der Waals surface area contributed by atoms with E-state index < -0.39 is 0 Å². The topological polar surface area (TPSA) is 78.5 Å². The van der Waals surface area contributed by atoms with Crippen LogP contribution in [0.4, 0.5) is 0 Å². The number of hydrogen-bond donors (Lipinski definition) is 2. The second-order valence-electron chi connectivity index (χ2n) is 10.7. The highest BCUT2D eigenvalue weighted by Gasteiger charge is 2.30. The van der Waals surface area contributed by atoms with Crippen molar-refractivity contribution in [2.45, 2.75) is 68.2 Å². The van der Waals surface area contributed by atoms with Crippen LogP contribution in [0, 0.1) is 16.2 Å². The van der Waals surface area contributed by atoms with Crippen molar-refractivity contribution < 1.29 is 14.4 Å². The third kappa shape index (κ3) is 14.3. The van der Waals surface area contributed by atoms with E-state index in [4.69, 9.17) is 0 Å². The van der Waals surface area contributed by atoms with Gasteiger partial charge in [-0.25, -0.2) is 0 Å². The molecule has 0 aromatic rings. The standard InChI is InChI=1S/C21H41N3O3/c1-16(25)10-20(5,6)13-21(7,8)15-23-18(27)12-24(9)11-17(26)22-14-19(2,3)4/h10-15H2,1-9H3,(H,22,26)(H,23,27). The van der Waals surface area contributed by atoms with Gasteiger partial charge >= 0.3 is 0 Å². The molecule has 0 saturated heterocycles. The molecule has 0 spiro atoms. The molecular formula is C21H41N3O3. The highest BCUT2D eigenvalue weighted by Crippen LogP contribution is 2.35. The van der Waals surface area contributed by atoms with Crippen molar-refractivity contribution in [3.8, 4) is 0 Å². The van der Waals surface area contributed by atoms with Crippen LogP contribution in [0.3, 0.4) is 0 Å². The molecule has 0 unspecified atom stereocenters. The lowest BCUT2D eigenvalue weighted by Gasteiger charge is -2.34. The largest absolute Gasteiger partial charge is 0.354 e. The van der Waals surface area contributed by atoms with Gasteiger partial charge in [0.2, 0.25) is 11.8 Å². The molecule has 0 fully saturated rings. The van der Waals surface area contributed by atoms with E-state index in [0.29, 0.717) is 19.5 Å². The average molecular weight is 384 g/mol. The first-order valence-electron chi connectivity index (χ1n) is 9.73. The minimum atomic E-state index is -0.114. The van der Waals surface area contributed by atoms with E-state index in [0.717, 1.165) is 6.42 Å². The lowest BCUT2D eigenvalue weighted by molar-refractivity contribution is -0.125. The number of Topliss-reactive ketones (excluding diaryl/α,β-unsaturated/α-hetero) is 1. The van der Waals surface area contributed by atoms with E-state index in [2.05, 4.69) is 59.1 Å². The molecule has 0 rings (SSSR count). The number of nitrogens with one attached hydrogen (secondary N) is 2. The van der Waals surface area contributed by atoms with Crippen LogP contribution in [-0.4, -0.2) is 55.7 Å². The Morgan fingerprint density at radius 1 is 0.778 bits per heavy atom. The van der Waals surface area contributed by atoms with Gasteiger partial charge in [-0.15, -0.1) is 0 Å². The van der Waals surface area contributed by atoms with Gasteiger partial charge in [0.25, 0.3) is 0 Å². The zero-order chi connectivity index (χ0) is 21.5.